The summed E-state index contributed by atoms with van der Waals surface area (Å²) in [5, 5.41) is 8.81. The van der Waals surface area contributed by atoms with E-state index in [-0.39, 0.29) is 0 Å². The molecule has 5 fully saturated rings. The summed E-state index contributed by atoms with van der Waals surface area (Å²) in [6.45, 7) is 5.70. The quantitative estimate of drug-likeness (QED) is 0.633. The molecular formula is C22H31N3O2. The lowest BCUT2D eigenvalue weighted by Gasteiger charge is -2.61. The van der Waals surface area contributed by atoms with Gasteiger partial charge in [0.05, 0.1) is 11.3 Å². The molecule has 27 heavy (non-hydrogen) atoms. The molecule has 1 aromatic rings. The van der Waals surface area contributed by atoms with Crippen molar-refractivity contribution < 1.29 is 10.0 Å². The number of amides is 1. The van der Waals surface area contributed by atoms with Gasteiger partial charge in [0.15, 0.2) is 0 Å². The van der Waals surface area contributed by atoms with Gasteiger partial charge in [-0.1, -0.05) is 13.3 Å². The monoisotopic (exact) mass is 369 g/mol. The van der Waals surface area contributed by atoms with E-state index >= 15 is 0 Å². The Labute approximate surface area is 161 Å². The van der Waals surface area contributed by atoms with Crippen LogP contribution in [0.15, 0.2) is 12.3 Å². The van der Waals surface area contributed by atoms with Crippen molar-refractivity contribution in [1.82, 2.24) is 15.4 Å². The number of carbonyl (C=O) groups is 1. The molecule has 0 radical (unpaired) electrons. The van der Waals surface area contributed by atoms with Gasteiger partial charge in [0.2, 0.25) is 0 Å². The molecule has 2 N–H and O–H groups in total. The van der Waals surface area contributed by atoms with Crippen LogP contribution in [0.5, 0.6) is 0 Å². The average molecular weight is 370 g/mol. The van der Waals surface area contributed by atoms with Crippen molar-refractivity contribution in [3.8, 4) is 0 Å². The zero-order valence-corrected chi connectivity index (χ0v) is 16.3. The number of pyridine rings is 1. The molecule has 4 unspecified atom stereocenters. The number of hydroxylamine groups is 1. The zero-order chi connectivity index (χ0) is 18.6. The Kier molecular flexibility index (Phi) is 4.28. The number of fused-ring (bicyclic) bond motifs is 2. The number of nitrogens with zero attached hydrogens (tertiary/aromatic N) is 2. The van der Waals surface area contributed by atoms with Gasteiger partial charge in [-0.2, -0.15) is 0 Å². The third-order valence-electron chi connectivity index (χ3n) is 8.15. The minimum Gasteiger partial charge on any atom is -0.297 e. The van der Waals surface area contributed by atoms with Gasteiger partial charge in [0.1, 0.15) is 0 Å². The van der Waals surface area contributed by atoms with E-state index in [1.807, 2.05) is 6.07 Å². The minimum atomic E-state index is -0.482. The maximum Gasteiger partial charge on any atom is 0.276 e. The largest absolute Gasteiger partial charge is 0.297 e. The molecule has 0 spiro atoms. The fourth-order valence-corrected chi connectivity index (χ4v) is 7.07. The van der Waals surface area contributed by atoms with E-state index < -0.39 is 5.91 Å². The van der Waals surface area contributed by atoms with Crippen molar-refractivity contribution >= 4 is 5.91 Å². The first-order valence-corrected chi connectivity index (χ1v) is 10.7. The van der Waals surface area contributed by atoms with Crippen LogP contribution in [-0.2, 0) is 13.0 Å². The average Bonchev–Trinajstić information content (AvgIpc) is 2.63. The van der Waals surface area contributed by atoms with Gasteiger partial charge >= 0.3 is 0 Å². The van der Waals surface area contributed by atoms with Gasteiger partial charge < -0.3 is 0 Å². The fourth-order valence-electron chi connectivity index (χ4n) is 7.07. The molecule has 146 valence electrons. The van der Waals surface area contributed by atoms with Crippen molar-refractivity contribution in [2.45, 2.75) is 58.4 Å². The van der Waals surface area contributed by atoms with Gasteiger partial charge in [-0.3, -0.25) is 19.9 Å². The van der Waals surface area contributed by atoms with Gasteiger partial charge in [0, 0.05) is 25.8 Å². The van der Waals surface area contributed by atoms with Crippen molar-refractivity contribution in [2.24, 2.45) is 29.1 Å². The molecule has 5 nitrogen and oxygen atoms in total. The molecule has 4 bridgehead atoms. The lowest BCUT2D eigenvalue weighted by molar-refractivity contribution is -0.114. The number of rotatable bonds is 3. The Morgan fingerprint density at radius 2 is 2.26 bits per heavy atom. The summed E-state index contributed by atoms with van der Waals surface area (Å²) in [7, 11) is 0. The standard InChI is InChI=1S/C22H31N3O2/c1-22-9-14-2-3-19(22)17(10-22)7-15(6-14)12-25-5-4-16-8-18(21(26)24-27)11-23-20(16)13-25/h8,11,14-15,17,19,27H,2-7,9-10,12-13H2,1H3,(H,24,26)/t14?,15?,17?,19-,22?/m1/s1. The van der Waals surface area contributed by atoms with E-state index in [1.165, 1.54) is 45.1 Å². The summed E-state index contributed by atoms with van der Waals surface area (Å²) >= 11 is 0. The molecule has 0 saturated heterocycles. The molecule has 1 amide bonds. The maximum absolute atomic E-state index is 11.6. The van der Waals surface area contributed by atoms with Crippen LogP contribution in [0.2, 0.25) is 0 Å². The van der Waals surface area contributed by atoms with E-state index in [4.69, 9.17) is 5.21 Å². The molecule has 5 heteroatoms. The molecule has 5 atom stereocenters. The highest BCUT2D eigenvalue weighted by molar-refractivity contribution is 5.93. The molecule has 1 aromatic heterocycles. The lowest BCUT2D eigenvalue weighted by atomic mass is 9.44. The summed E-state index contributed by atoms with van der Waals surface area (Å²) in [6.07, 6.45) is 11.3. The number of hydrogen-bond acceptors (Lipinski definition) is 4. The molecule has 6 aliphatic rings. The number of hydrogen-bond donors (Lipinski definition) is 2. The zero-order valence-electron chi connectivity index (χ0n) is 16.3. The second-order valence-corrected chi connectivity index (χ2v) is 9.97. The highest BCUT2D eigenvalue weighted by Crippen LogP contribution is 2.64. The van der Waals surface area contributed by atoms with Crippen LogP contribution in [0, 0.1) is 29.1 Å². The smallest absolute Gasteiger partial charge is 0.276 e. The maximum atomic E-state index is 11.6. The van der Waals surface area contributed by atoms with Crippen molar-refractivity contribution in [3.63, 3.8) is 0 Å². The van der Waals surface area contributed by atoms with E-state index in [0.717, 1.165) is 54.4 Å². The third-order valence-corrected chi connectivity index (χ3v) is 8.15. The number of nitrogens with one attached hydrogen (secondary N) is 1. The third kappa shape index (κ3) is 3.09. The van der Waals surface area contributed by atoms with Crippen LogP contribution in [0.1, 0.15) is 67.1 Å². The second kappa shape index (κ2) is 6.56. The van der Waals surface area contributed by atoms with E-state index in [9.17, 15) is 4.79 Å². The highest BCUT2D eigenvalue weighted by atomic mass is 16.5. The van der Waals surface area contributed by atoms with Crippen LogP contribution in [-0.4, -0.2) is 34.1 Å². The van der Waals surface area contributed by atoms with Crippen LogP contribution < -0.4 is 5.48 Å². The Morgan fingerprint density at radius 1 is 1.37 bits per heavy atom. The lowest BCUT2D eigenvalue weighted by Crippen LogP contribution is -2.53. The predicted molar refractivity (Wildman–Crippen MR) is 102 cm³/mol. The molecule has 7 rings (SSSR count). The fraction of sp³-hybridized carbons (Fsp3) is 0.727. The van der Waals surface area contributed by atoms with Crippen molar-refractivity contribution in [3.05, 3.63) is 29.1 Å². The minimum absolute atomic E-state index is 0.439. The second-order valence-electron chi connectivity index (χ2n) is 9.97. The first-order chi connectivity index (χ1) is 13.0. The Morgan fingerprint density at radius 3 is 3.07 bits per heavy atom. The Hall–Kier alpha value is -1.46. The van der Waals surface area contributed by atoms with Gasteiger partial charge in [-0.25, -0.2) is 5.48 Å². The SMILES string of the molecule is CC12CC3CC[C@@H]1C(CC(CN1CCc4cc(C(=O)NO)cnc4C1)C3)C2. The summed E-state index contributed by atoms with van der Waals surface area (Å²) in [6, 6.07) is 1.88. The first-order valence-electron chi connectivity index (χ1n) is 10.7. The van der Waals surface area contributed by atoms with Gasteiger partial charge in [-0.15, -0.1) is 0 Å². The van der Waals surface area contributed by atoms with Gasteiger partial charge in [0.25, 0.3) is 5.91 Å². The number of aromatic nitrogens is 1. The van der Waals surface area contributed by atoms with Crippen molar-refractivity contribution in [1.29, 1.82) is 0 Å². The van der Waals surface area contributed by atoms with E-state index in [2.05, 4.69) is 16.8 Å². The van der Waals surface area contributed by atoms with Crippen LogP contribution >= 0.6 is 0 Å². The highest BCUT2D eigenvalue weighted by Gasteiger charge is 2.54. The molecule has 2 heterocycles. The molecule has 5 aliphatic carbocycles. The van der Waals surface area contributed by atoms with E-state index in [1.54, 1.807) is 11.7 Å². The summed E-state index contributed by atoms with van der Waals surface area (Å²) in [5.41, 5.74) is 5.07. The van der Waals surface area contributed by atoms with E-state index in [0.29, 0.717) is 11.0 Å². The Bertz CT molecular complexity index is 747. The van der Waals surface area contributed by atoms with Crippen molar-refractivity contribution in [2.75, 3.05) is 13.1 Å². The topological polar surface area (TPSA) is 65.5 Å². The summed E-state index contributed by atoms with van der Waals surface area (Å²) in [5.74, 6) is 3.30. The molecule has 5 saturated carbocycles. The molecule has 1 aliphatic heterocycles. The summed E-state index contributed by atoms with van der Waals surface area (Å²) < 4.78 is 0. The van der Waals surface area contributed by atoms with Crippen LogP contribution in [0.3, 0.4) is 0 Å². The normalized spacial score (nSPS) is 37.7. The molecule has 0 aromatic carbocycles. The molecular weight excluding hydrogens is 338 g/mol. The summed E-state index contributed by atoms with van der Waals surface area (Å²) in [4.78, 5) is 18.7. The first kappa shape index (κ1) is 17.6. The number of carbonyl (C=O) groups excluding carboxylic acids is 1. The van der Waals surface area contributed by atoms with Gasteiger partial charge in [-0.05, 0) is 79.2 Å². The predicted octanol–water partition coefficient (Wildman–Crippen LogP) is 3.41. The van der Waals surface area contributed by atoms with Crippen LogP contribution in [0.25, 0.3) is 0 Å². The van der Waals surface area contributed by atoms with Crippen LogP contribution in [0.4, 0.5) is 0 Å². The Balaban J connectivity index is 1.24.